The summed E-state index contributed by atoms with van der Waals surface area (Å²) in [5.41, 5.74) is 0. The molecule has 0 aliphatic heterocycles. The zero-order valence-corrected chi connectivity index (χ0v) is 11.8. The van der Waals surface area contributed by atoms with Crippen molar-refractivity contribution in [3.8, 4) is 0 Å². The van der Waals surface area contributed by atoms with Gasteiger partial charge in [-0.3, -0.25) is 0 Å². The van der Waals surface area contributed by atoms with Crippen LogP contribution in [0.4, 0.5) is 0 Å². The van der Waals surface area contributed by atoms with Gasteiger partial charge in [0.25, 0.3) is 0 Å². The summed E-state index contributed by atoms with van der Waals surface area (Å²) in [6.07, 6.45) is 2.43. The molecule has 0 bridgehead atoms. The van der Waals surface area contributed by atoms with Gasteiger partial charge < -0.3 is 15.2 Å². The Morgan fingerprint density at radius 2 is 2.22 bits per heavy atom. The van der Waals surface area contributed by atoms with Gasteiger partial charge in [-0.25, -0.2) is 4.79 Å². The van der Waals surface area contributed by atoms with E-state index in [2.05, 4.69) is 5.32 Å². The van der Waals surface area contributed by atoms with Crippen molar-refractivity contribution in [3.05, 3.63) is 21.9 Å². The highest BCUT2D eigenvalue weighted by molar-refractivity contribution is 7.13. The lowest BCUT2D eigenvalue weighted by Crippen LogP contribution is -2.14. The van der Waals surface area contributed by atoms with Crippen LogP contribution in [-0.4, -0.2) is 30.3 Å². The van der Waals surface area contributed by atoms with Crippen LogP contribution >= 0.6 is 11.3 Å². The highest BCUT2D eigenvalue weighted by atomic mass is 32.1. The van der Waals surface area contributed by atoms with Crippen LogP contribution in [0, 0.1) is 0 Å². The van der Waals surface area contributed by atoms with Crippen molar-refractivity contribution in [1.82, 2.24) is 5.32 Å². The first-order valence-electron chi connectivity index (χ1n) is 6.24. The maximum atomic E-state index is 10.7. The van der Waals surface area contributed by atoms with Gasteiger partial charge in [-0.2, -0.15) is 0 Å². The molecule has 0 aliphatic rings. The average molecular weight is 271 g/mol. The van der Waals surface area contributed by atoms with Gasteiger partial charge >= 0.3 is 5.97 Å². The van der Waals surface area contributed by atoms with Crippen LogP contribution in [0.15, 0.2) is 12.1 Å². The number of carboxylic acid groups (broad SMARTS) is 1. The van der Waals surface area contributed by atoms with Crippen LogP contribution in [0.5, 0.6) is 0 Å². The predicted octanol–water partition coefficient (Wildman–Crippen LogP) is 2.74. The van der Waals surface area contributed by atoms with Crippen molar-refractivity contribution in [2.75, 3.05) is 13.2 Å². The summed E-state index contributed by atoms with van der Waals surface area (Å²) in [6, 6.07) is 3.52. The zero-order valence-electron chi connectivity index (χ0n) is 10.9. The summed E-state index contributed by atoms with van der Waals surface area (Å²) in [6.45, 7) is 6.55. The van der Waals surface area contributed by atoms with Gasteiger partial charge in [0.05, 0.1) is 6.10 Å². The van der Waals surface area contributed by atoms with Crippen LogP contribution in [0.2, 0.25) is 0 Å². The fourth-order valence-corrected chi connectivity index (χ4v) is 2.29. The predicted molar refractivity (Wildman–Crippen MR) is 73.3 cm³/mol. The number of aromatic carboxylic acids is 1. The van der Waals surface area contributed by atoms with E-state index in [0.717, 1.165) is 37.4 Å². The summed E-state index contributed by atoms with van der Waals surface area (Å²) in [7, 11) is 0. The number of carboxylic acids is 1. The molecule has 0 atom stereocenters. The van der Waals surface area contributed by atoms with Gasteiger partial charge in [0.1, 0.15) is 4.88 Å². The summed E-state index contributed by atoms with van der Waals surface area (Å²) in [5.74, 6) is -0.850. The number of rotatable bonds is 9. The fourth-order valence-electron chi connectivity index (χ4n) is 1.47. The summed E-state index contributed by atoms with van der Waals surface area (Å²) in [5, 5.41) is 12.1. The molecule has 4 nitrogen and oxygen atoms in total. The number of unbranched alkanes of at least 4 members (excludes halogenated alkanes) is 1. The normalized spacial score (nSPS) is 11.1. The Balaban J connectivity index is 2.05. The maximum Gasteiger partial charge on any atom is 0.345 e. The summed E-state index contributed by atoms with van der Waals surface area (Å²) < 4.78 is 5.45. The summed E-state index contributed by atoms with van der Waals surface area (Å²) in [4.78, 5) is 12.2. The second-order valence-electron chi connectivity index (χ2n) is 4.37. The molecule has 1 aromatic rings. The largest absolute Gasteiger partial charge is 0.477 e. The van der Waals surface area contributed by atoms with Crippen molar-refractivity contribution in [2.24, 2.45) is 0 Å². The van der Waals surface area contributed by atoms with Gasteiger partial charge in [-0.15, -0.1) is 11.3 Å². The van der Waals surface area contributed by atoms with Gasteiger partial charge in [0.15, 0.2) is 0 Å². The van der Waals surface area contributed by atoms with E-state index in [1.807, 2.05) is 19.9 Å². The minimum Gasteiger partial charge on any atom is -0.477 e. The lowest BCUT2D eigenvalue weighted by Gasteiger charge is -2.07. The van der Waals surface area contributed by atoms with Gasteiger partial charge in [0, 0.05) is 18.0 Å². The van der Waals surface area contributed by atoms with E-state index >= 15 is 0 Å². The zero-order chi connectivity index (χ0) is 13.4. The van der Waals surface area contributed by atoms with E-state index in [-0.39, 0.29) is 0 Å². The summed E-state index contributed by atoms with van der Waals surface area (Å²) >= 11 is 1.33. The van der Waals surface area contributed by atoms with Crippen LogP contribution in [0.3, 0.4) is 0 Å². The molecule has 1 heterocycles. The Bertz CT molecular complexity index is 363. The Morgan fingerprint density at radius 3 is 2.83 bits per heavy atom. The first kappa shape index (κ1) is 15.1. The number of thiophene rings is 1. The van der Waals surface area contributed by atoms with Crippen molar-refractivity contribution in [3.63, 3.8) is 0 Å². The molecule has 0 unspecified atom stereocenters. The number of ether oxygens (including phenoxy) is 1. The van der Waals surface area contributed by atoms with Crippen LogP contribution in [0.1, 0.15) is 41.2 Å². The Kier molecular flexibility index (Phi) is 6.93. The second-order valence-corrected chi connectivity index (χ2v) is 5.54. The third-order valence-electron chi connectivity index (χ3n) is 2.37. The average Bonchev–Trinajstić information content (AvgIpc) is 2.76. The van der Waals surface area contributed by atoms with Gasteiger partial charge in [-0.05, 0) is 45.4 Å². The molecule has 0 fully saturated rings. The molecule has 0 radical (unpaired) electrons. The lowest BCUT2D eigenvalue weighted by atomic mass is 10.3. The van der Waals surface area contributed by atoms with Crippen molar-refractivity contribution in [1.29, 1.82) is 0 Å². The first-order valence-corrected chi connectivity index (χ1v) is 7.05. The molecule has 5 heteroatoms. The minimum absolute atomic E-state index is 0.304. The molecular weight excluding hydrogens is 250 g/mol. The topological polar surface area (TPSA) is 58.6 Å². The van der Waals surface area contributed by atoms with Gasteiger partial charge in [0.2, 0.25) is 0 Å². The molecule has 0 spiro atoms. The number of carbonyl (C=O) groups is 1. The lowest BCUT2D eigenvalue weighted by molar-refractivity contribution is 0.0702. The van der Waals surface area contributed by atoms with E-state index in [1.54, 1.807) is 6.07 Å². The molecule has 0 saturated carbocycles. The van der Waals surface area contributed by atoms with Crippen molar-refractivity contribution in [2.45, 2.75) is 39.3 Å². The fraction of sp³-hybridized carbons (Fsp3) is 0.615. The monoisotopic (exact) mass is 271 g/mol. The molecule has 102 valence electrons. The smallest absolute Gasteiger partial charge is 0.345 e. The number of hydrogen-bond donors (Lipinski definition) is 2. The molecular formula is C13H21NO3S. The molecule has 0 aromatic carbocycles. The SMILES string of the molecule is CC(C)OCCCCNCc1ccc(C(=O)O)s1. The van der Waals surface area contributed by atoms with Crippen LogP contribution in [-0.2, 0) is 11.3 Å². The van der Waals surface area contributed by atoms with Crippen molar-refractivity contribution >= 4 is 17.3 Å². The first-order chi connectivity index (χ1) is 8.59. The minimum atomic E-state index is -0.850. The Morgan fingerprint density at radius 1 is 1.44 bits per heavy atom. The van der Waals surface area contributed by atoms with E-state index < -0.39 is 5.97 Å². The molecule has 18 heavy (non-hydrogen) atoms. The molecule has 2 N–H and O–H groups in total. The standard InChI is InChI=1S/C13H21NO3S/c1-10(2)17-8-4-3-7-14-9-11-5-6-12(18-11)13(15)16/h5-6,10,14H,3-4,7-9H2,1-2H3,(H,15,16). The Labute approximate surface area is 112 Å². The third kappa shape index (κ3) is 6.14. The van der Waals surface area contributed by atoms with Gasteiger partial charge in [-0.1, -0.05) is 0 Å². The molecule has 0 aliphatic carbocycles. The van der Waals surface area contributed by atoms with E-state index in [4.69, 9.17) is 9.84 Å². The molecule has 1 aromatic heterocycles. The van der Waals surface area contributed by atoms with Crippen molar-refractivity contribution < 1.29 is 14.6 Å². The number of nitrogens with one attached hydrogen (secondary N) is 1. The van der Waals surface area contributed by atoms with Crippen LogP contribution < -0.4 is 5.32 Å². The van der Waals surface area contributed by atoms with E-state index in [1.165, 1.54) is 11.3 Å². The Hall–Kier alpha value is -0.910. The second kappa shape index (κ2) is 8.24. The van der Waals surface area contributed by atoms with E-state index in [0.29, 0.717) is 11.0 Å². The highest BCUT2D eigenvalue weighted by Gasteiger charge is 2.05. The number of hydrogen-bond acceptors (Lipinski definition) is 4. The molecule has 1 rings (SSSR count). The van der Waals surface area contributed by atoms with E-state index in [9.17, 15) is 4.79 Å². The quantitative estimate of drug-likeness (QED) is 0.678. The highest BCUT2D eigenvalue weighted by Crippen LogP contribution is 2.15. The maximum absolute atomic E-state index is 10.7. The molecule has 0 saturated heterocycles. The molecule has 0 amide bonds. The van der Waals surface area contributed by atoms with Crippen LogP contribution in [0.25, 0.3) is 0 Å². The third-order valence-corrected chi connectivity index (χ3v) is 3.44.